The average Bonchev–Trinajstić information content (AvgIpc) is 2.75. The summed E-state index contributed by atoms with van der Waals surface area (Å²) in [5, 5.41) is 9.68. The summed E-state index contributed by atoms with van der Waals surface area (Å²) in [6, 6.07) is 5.41. The van der Waals surface area contributed by atoms with E-state index < -0.39 is 17.8 Å². The fraction of sp³-hybridized carbons (Fsp3) is 0.429. The van der Waals surface area contributed by atoms with Crippen molar-refractivity contribution in [3.05, 3.63) is 47.7 Å². The van der Waals surface area contributed by atoms with Gasteiger partial charge in [-0.3, -0.25) is 10.1 Å². The summed E-state index contributed by atoms with van der Waals surface area (Å²) in [7, 11) is 4.44. The molecule has 8 nitrogen and oxygen atoms in total. The van der Waals surface area contributed by atoms with Crippen LogP contribution in [0.15, 0.2) is 42.1 Å². The fourth-order valence-corrected chi connectivity index (χ4v) is 4.72. The van der Waals surface area contributed by atoms with Crippen molar-refractivity contribution in [3.63, 3.8) is 0 Å². The molecule has 0 bridgehead atoms. The molecule has 1 amide bonds. The van der Waals surface area contributed by atoms with Crippen molar-refractivity contribution in [2.24, 2.45) is 5.92 Å². The van der Waals surface area contributed by atoms with Crippen LogP contribution >= 0.6 is 11.8 Å². The van der Waals surface area contributed by atoms with Crippen molar-refractivity contribution in [3.8, 4) is 11.5 Å². The number of fused-ring (bicyclic) bond motifs is 1. The zero-order valence-electron chi connectivity index (χ0n) is 17.5. The standard InChI is InChI=1S/C21H27N3O5S/c1-6-9-30-21-23-18-17(19(25)24-21)16(15(11(2)22-18)20(26)29-5)12-7-8-13(27-3)14(10-12)28-4/h6-8,10,16-18,21-23H,1,9H2,2-5H3,(H,24,25). The average molecular weight is 434 g/mol. The molecule has 0 aromatic heterocycles. The zero-order chi connectivity index (χ0) is 21.8. The van der Waals surface area contributed by atoms with Gasteiger partial charge in [0, 0.05) is 17.4 Å². The maximum Gasteiger partial charge on any atom is 0.336 e. The lowest BCUT2D eigenvalue weighted by Crippen LogP contribution is -2.67. The van der Waals surface area contributed by atoms with Crippen LogP contribution in [0.1, 0.15) is 18.4 Å². The molecule has 30 heavy (non-hydrogen) atoms. The van der Waals surface area contributed by atoms with Gasteiger partial charge in [0.25, 0.3) is 0 Å². The molecule has 2 heterocycles. The number of hydrogen-bond donors (Lipinski definition) is 3. The van der Waals surface area contributed by atoms with Crippen molar-refractivity contribution >= 4 is 23.6 Å². The van der Waals surface area contributed by atoms with Crippen LogP contribution in [-0.4, -0.2) is 50.6 Å². The van der Waals surface area contributed by atoms with Gasteiger partial charge >= 0.3 is 5.97 Å². The predicted molar refractivity (Wildman–Crippen MR) is 115 cm³/mol. The molecule has 1 saturated heterocycles. The minimum atomic E-state index is -0.568. The van der Waals surface area contributed by atoms with Gasteiger partial charge in [0.1, 0.15) is 5.50 Å². The number of carbonyl (C=O) groups excluding carboxylic acids is 2. The maximum atomic E-state index is 13.2. The van der Waals surface area contributed by atoms with E-state index in [4.69, 9.17) is 14.2 Å². The minimum absolute atomic E-state index is 0.151. The van der Waals surface area contributed by atoms with E-state index in [1.807, 2.05) is 13.0 Å². The van der Waals surface area contributed by atoms with Crippen LogP contribution in [-0.2, 0) is 14.3 Å². The molecule has 0 radical (unpaired) electrons. The highest BCUT2D eigenvalue weighted by molar-refractivity contribution is 7.99. The van der Waals surface area contributed by atoms with Crippen LogP contribution in [0.2, 0.25) is 0 Å². The van der Waals surface area contributed by atoms with Gasteiger partial charge in [-0.25, -0.2) is 4.79 Å². The Morgan fingerprint density at radius 2 is 1.93 bits per heavy atom. The number of ether oxygens (including phenoxy) is 3. The first-order valence-corrected chi connectivity index (χ1v) is 10.6. The number of benzene rings is 1. The minimum Gasteiger partial charge on any atom is -0.493 e. The molecule has 0 saturated carbocycles. The molecule has 1 aromatic rings. The van der Waals surface area contributed by atoms with Crippen molar-refractivity contribution in [2.45, 2.75) is 24.5 Å². The lowest BCUT2D eigenvalue weighted by molar-refractivity contribution is -0.137. The highest BCUT2D eigenvalue weighted by Gasteiger charge is 2.48. The third kappa shape index (κ3) is 4.13. The SMILES string of the molecule is C=CCSC1NC(=O)C2C(NC(C)=C(C(=O)OC)C2c2ccc(OC)c(OC)c2)N1. The number of hydrogen-bond acceptors (Lipinski definition) is 8. The van der Waals surface area contributed by atoms with Gasteiger partial charge in [-0.1, -0.05) is 12.1 Å². The van der Waals surface area contributed by atoms with Crippen LogP contribution in [0.4, 0.5) is 0 Å². The van der Waals surface area contributed by atoms with E-state index in [1.165, 1.54) is 18.9 Å². The van der Waals surface area contributed by atoms with Crippen LogP contribution in [0.3, 0.4) is 0 Å². The van der Waals surface area contributed by atoms with Crippen molar-refractivity contribution in [1.82, 2.24) is 16.0 Å². The molecule has 0 spiro atoms. The van der Waals surface area contributed by atoms with Crippen molar-refractivity contribution in [2.75, 3.05) is 27.1 Å². The van der Waals surface area contributed by atoms with Gasteiger partial charge in [-0.15, -0.1) is 18.3 Å². The van der Waals surface area contributed by atoms with Gasteiger partial charge in [0.2, 0.25) is 5.91 Å². The Labute approximate surface area is 180 Å². The number of allylic oxidation sites excluding steroid dienone is 1. The number of thioether (sulfide) groups is 1. The second kappa shape index (κ2) is 9.44. The number of carbonyl (C=O) groups is 2. The van der Waals surface area contributed by atoms with Gasteiger partial charge < -0.3 is 24.8 Å². The first-order valence-electron chi connectivity index (χ1n) is 9.51. The Bertz CT molecular complexity index is 872. The first kappa shape index (κ1) is 22.0. The van der Waals surface area contributed by atoms with Crippen molar-refractivity contribution in [1.29, 1.82) is 0 Å². The smallest absolute Gasteiger partial charge is 0.336 e. The molecule has 1 aromatic carbocycles. The predicted octanol–water partition coefficient (Wildman–Crippen LogP) is 1.70. The largest absolute Gasteiger partial charge is 0.493 e. The van der Waals surface area contributed by atoms with Gasteiger partial charge in [-0.05, 0) is 24.6 Å². The first-order chi connectivity index (χ1) is 14.4. The van der Waals surface area contributed by atoms with E-state index in [-0.39, 0.29) is 17.6 Å². The number of esters is 1. The van der Waals surface area contributed by atoms with E-state index in [2.05, 4.69) is 22.5 Å². The third-order valence-corrected chi connectivity index (χ3v) is 6.28. The molecule has 4 unspecified atom stereocenters. The summed E-state index contributed by atoms with van der Waals surface area (Å²) in [6.07, 6.45) is 1.43. The summed E-state index contributed by atoms with van der Waals surface area (Å²) < 4.78 is 15.8. The van der Waals surface area contributed by atoms with Crippen LogP contribution in [0.25, 0.3) is 0 Å². The molecule has 2 aliphatic heterocycles. The van der Waals surface area contributed by atoms with E-state index in [0.717, 1.165) is 5.56 Å². The summed E-state index contributed by atoms with van der Waals surface area (Å²) in [4.78, 5) is 25.8. The van der Waals surface area contributed by atoms with Gasteiger partial charge in [0.15, 0.2) is 11.5 Å². The highest BCUT2D eigenvalue weighted by atomic mass is 32.2. The Hall–Kier alpha value is -2.65. The van der Waals surface area contributed by atoms with Crippen LogP contribution in [0.5, 0.6) is 11.5 Å². The monoisotopic (exact) mass is 433 g/mol. The molecule has 1 fully saturated rings. The Morgan fingerprint density at radius 1 is 1.20 bits per heavy atom. The number of methoxy groups -OCH3 is 3. The number of rotatable bonds is 7. The number of nitrogens with one attached hydrogen (secondary N) is 3. The molecular formula is C21H27N3O5S. The molecule has 162 valence electrons. The lowest BCUT2D eigenvalue weighted by Gasteiger charge is -2.45. The molecule has 3 N–H and O–H groups in total. The summed E-state index contributed by atoms with van der Waals surface area (Å²) >= 11 is 1.53. The van der Waals surface area contributed by atoms with E-state index in [1.54, 1.807) is 32.4 Å². The fourth-order valence-electron chi connectivity index (χ4n) is 3.95. The second-order valence-electron chi connectivity index (χ2n) is 6.95. The molecular weight excluding hydrogens is 406 g/mol. The number of amides is 1. The topological polar surface area (TPSA) is 97.9 Å². The normalized spacial score (nSPS) is 25.5. The zero-order valence-corrected chi connectivity index (χ0v) is 18.3. The second-order valence-corrected chi connectivity index (χ2v) is 8.09. The van der Waals surface area contributed by atoms with Crippen LogP contribution in [0, 0.1) is 5.92 Å². The quantitative estimate of drug-likeness (QED) is 0.442. The molecule has 4 atom stereocenters. The van der Waals surface area contributed by atoms with Crippen molar-refractivity contribution < 1.29 is 23.8 Å². The molecule has 3 rings (SSSR count). The maximum absolute atomic E-state index is 13.2. The van der Waals surface area contributed by atoms with E-state index in [9.17, 15) is 9.59 Å². The molecule has 2 aliphatic rings. The third-order valence-electron chi connectivity index (χ3n) is 5.27. The Balaban J connectivity index is 2.07. The Kier molecular flexibility index (Phi) is 6.94. The van der Waals surface area contributed by atoms with Crippen LogP contribution < -0.4 is 25.4 Å². The van der Waals surface area contributed by atoms with E-state index in [0.29, 0.717) is 28.5 Å². The Morgan fingerprint density at radius 3 is 2.57 bits per heavy atom. The highest BCUT2D eigenvalue weighted by Crippen LogP contribution is 2.43. The molecule has 0 aliphatic carbocycles. The van der Waals surface area contributed by atoms with Gasteiger partial charge in [-0.2, -0.15) is 0 Å². The summed E-state index contributed by atoms with van der Waals surface area (Å²) in [5.74, 6) is 0.0599. The lowest BCUT2D eigenvalue weighted by atomic mass is 9.74. The van der Waals surface area contributed by atoms with E-state index >= 15 is 0 Å². The van der Waals surface area contributed by atoms with Gasteiger partial charge in [0.05, 0.1) is 39.0 Å². The summed E-state index contributed by atoms with van der Waals surface area (Å²) in [5.41, 5.74) is 1.58. The summed E-state index contributed by atoms with van der Waals surface area (Å²) in [6.45, 7) is 5.54. The molecule has 9 heteroatoms.